The summed E-state index contributed by atoms with van der Waals surface area (Å²) in [4.78, 5) is 28.3. The van der Waals surface area contributed by atoms with Gasteiger partial charge in [0.15, 0.2) is 0 Å². The zero-order chi connectivity index (χ0) is 21.2. The van der Waals surface area contributed by atoms with Crippen molar-refractivity contribution < 1.29 is 14.3 Å². The molecular weight excluding hydrogens is 392 g/mol. The maximum atomic E-state index is 12.6. The van der Waals surface area contributed by atoms with E-state index in [4.69, 9.17) is 22.1 Å². The van der Waals surface area contributed by atoms with E-state index in [2.05, 4.69) is 10.4 Å². The zero-order valence-corrected chi connectivity index (χ0v) is 17.7. The Hall–Kier alpha value is -2.38. The Morgan fingerprint density at radius 1 is 1.24 bits per heavy atom. The normalized spacial score (nSPS) is 17.1. The molecule has 2 heterocycles. The number of halogens is 1. The number of fused-ring (bicyclic) bond motifs is 1. The van der Waals surface area contributed by atoms with Crippen molar-refractivity contribution in [1.82, 2.24) is 15.4 Å². The molecule has 156 valence electrons. The minimum Gasteiger partial charge on any atom is -0.446 e. The summed E-state index contributed by atoms with van der Waals surface area (Å²) in [6, 6.07) is 8.89. The van der Waals surface area contributed by atoms with Crippen LogP contribution >= 0.6 is 11.6 Å². The number of carbonyl (C=O) groups excluding carboxylic acids is 2. The fraction of sp³-hybridized carbons (Fsp3) is 0.476. The number of amides is 2. The SMILES string of the molecule is CC(C)(C)C(OC(N)=O)C1CCN(NC(=O)c2ccc3cc(Cl)ccc3n2)CC1. The first kappa shape index (κ1) is 21.3. The Morgan fingerprint density at radius 2 is 1.93 bits per heavy atom. The van der Waals surface area contributed by atoms with Gasteiger partial charge >= 0.3 is 6.09 Å². The minimum atomic E-state index is -0.746. The summed E-state index contributed by atoms with van der Waals surface area (Å²) in [5.41, 5.74) is 9.05. The number of pyridine rings is 1. The second-order valence-electron chi connectivity index (χ2n) is 8.52. The van der Waals surface area contributed by atoms with E-state index in [1.807, 2.05) is 37.9 Å². The molecule has 1 fully saturated rings. The highest BCUT2D eigenvalue weighted by Crippen LogP contribution is 2.34. The molecule has 0 saturated carbocycles. The number of hydrogen-bond donors (Lipinski definition) is 2. The number of nitrogens with two attached hydrogens (primary N) is 1. The lowest BCUT2D eigenvalue weighted by Crippen LogP contribution is -2.50. The highest BCUT2D eigenvalue weighted by molar-refractivity contribution is 6.31. The lowest BCUT2D eigenvalue weighted by molar-refractivity contribution is -0.0282. The molecule has 7 nitrogen and oxygen atoms in total. The van der Waals surface area contributed by atoms with Crippen molar-refractivity contribution in [1.29, 1.82) is 0 Å². The van der Waals surface area contributed by atoms with Crippen LogP contribution in [0, 0.1) is 11.3 Å². The minimum absolute atomic E-state index is 0.194. The number of carbonyl (C=O) groups is 2. The highest BCUT2D eigenvalue weighted by Gasteiger charge is 2.37. The lowest BCUT2D eigenvalue weighted by atomic mass is 9.77. The fourth-order valence-electron chi connectivity index (χ4n) is 3.84. The van der Waals surface area contributed by atoms with Gasteiger partial charge in [-0.05, 0) is 48.4 Å². The molecule has 0 radical (unpaired) electrons. The lowest BCUT2D eigenvalue weighted by Gasteiger charge is -2.40. The van der Waals surface area contributed by atoms with Gasteiger partial charge in [-0.3, -0.25) is 10.2 Å². The summed E-state index contributed by atoms with van der Waals surface area (Å²) in [7, 11) is 0. The van der Waals surface area contributed by atoms with E-state index in [9.17, 15) is 9.59 Å². The molecule has 0 aliphatic carbocycles. The van der Waals surface area contributed by atoms with Crippen LogP contribution in [0.2, 0.25) is 5.02 Å². The third-order valence-electron chi connectivity index (χ3n) is 5.21. The van der Waals surface area contributed by atoms with Gasteiger partial charge < -0.3 is 10.5 Å². The van der Waals surface area contributed by atoms with Crippen LogP contribution in [0.25, 0.3) is 10.9 Å². The molecule has 1 aromatic heterocycles. The third kappa shape index (κ3) is 5.36. The highest BCUT2D eigenvalue weighted by atomic mass is 35.5. The monoisotopic (exact) mass is 418 g/mol. The predicted molar refractivity (Wildman–Crippen MR) is 112 cm³/mol. The summed E-state index contributed by atoms with van der Waals surface area (Å²) in [5, 5.41) is 3.40. The van der Waals surface area contributed by atoms with Crippen LogP contribution in [0.15, 0.2) is 30.3 Å². The van der Waals surface area contributed by atoms with Crippen molar-refractivity contribution in [3.05, 3.63) is 41.0 Å². The molecule has 3 rings (SSSR count). The van der Waals surface area contributed by atoms with Gasteiger partial charge in [0, 0.05) is 23.5 Å². The summed E-state index contributed by atoms with van der Waals surface area (Å²) in [5.74, 6) is -0.0553. The number of hydrogen-bond acceptors (Lipinski definition) is 5. The molecule has 29 heavy (non-hydrogen) atoms. The average molecular weight is 419 g/mol. The molecule has 1 aliphatic heterocycles. The van der Waals surface area contributed by atoms with Crippen molar-refractivity contribution in [3.63, 3.8) is 0 Å². The Bertz CT molecular complexity index is 904. The molecule has 1 unspecified atom stereocenters. The van der Waals surface area contributed by atoms with Crippen molar-refractivity contribution in [2.75, 3.05) is 13.1 Å². The average Bonchev–Trinajstić information content (AvgIpc) is 2.65. The van der Waals surface area contributed by atoms with Crippen LogP contribution in [-0.4, -0.2) is 41.2 Å². The van der Waals surface area contributed by atoms with Gasteiger partial charge in [0.2, 0.25) is 0 Å². The van der Waals surface area contributed by atoms with Crippen molar-refractivity contribution in [2.24, 2.45) is 17.1 Å². The summed E-state index contributed by atoms with van der Waals surface area (Å²) < 4.78 is 5.40. The number of rotatable bonds is 4. The van der Waals surface area contributed by atoms with Crippen LogP contribution in [0.5, 0.6) is 0 Å². The largest absolute Gasteiger partial charge is 0.446 e. The van der Waals surface area contributed by atoms with Gasteiger partial charge in [-0.1, -0.05) is 38.4 Å². The molecule has 8 heteroatoms. The van der Waals surface area contributed by atoms with E-state index in [0.717, 1.165) is 23.7 Å². The number of ether oxygens (including phenoxy) is 1. The first-order valence-corrected chi connectivity index (χ1v) is 10.1. The maximum Gasteiger partial charge on any atom is 0.404 e. The molecule has 2 amide bonds. The number of nitrogens with zero attached hydrogens (tertiary/aromatic N) is 2. The number of piperidine rings is 1. The molecule has 3 N–H and O–H groups in total. The number of nitrogens with one attached hydrogen (secondary N) is 1. The second-order valence-corrected chi connectivity index (χ2v) is 8.96. The number of benzene rings is 1. The van der Waals surface area contributed by atoms with Crippen LogP contribution in [0.1, 0.15) is 44.1 Å². The van der Waals surface area contributed by atoms with Crippen LogP contribution in [0.4, 0.5) is 4.79 Å². The number of aromatic nitrogens is 1. The number of primary amides is 1. The quantitative estimate of drug-likeness (QED) is 0.787. The van der Waals surface area contributed by atoms with E-state index in [1.54, 1.807) is 18.2 Å². The molecule has 1 saturated heterocycles. The van der Waals surface area contributed by atoms with E-state index in [1.165, 1.54) is 0 Å². The molecule has 1 atom stereocenters. The van der Waals surface area contributed by atoms with E-state index < -0.39 is 6.09 Å². The Kier molecular flexibility index (Phi) is 6.29. The summed E-state index contributed by atoms with van der Waals surface area (Å²) in [6.07, 6.45) is 0.578. The Balaban J connectivity index is 1.61. The third-order valence-corrected chi connectivity index (χ3v) is 5.44. The summed E-state index contributed by atoms with van der Waals surface area (Å²) in [6.45, 7) is 7.43. The molecule has 0 bridgehead atoms. The smallest absolute Gasteiger partial charge is 0.404 e. The second kappa shape index (κ2) is 8.55. The first-order chi connectivity index (χ1) is 13.6. The van der Waals surface area contributed by atoms with Gasteiger partial charge in [-0.25, -0.2) is 14.8 Å². The van der Waals surface area contributed by atoms with E-state index in [-0.39, 0.29) is 23.3 Å². The van der Waals surface area contributed by atoms with Gasteiger partial charge in [-0.2, -0.15) is 0 Å². The molecule has 0 spiro atoms. The Morgan fingerprint density at radius 3 is 2.55 bits per heavy atom. The van der Waals surface area contributed by atoms with Crippen molar-refractivity contribution in [2.45, 2.75) is 39.7 Å². The van der Waals surface area contributed by atoms with E-state index in [0.29, 0.717) is 23.8 Å². The van der Waals surface area contributed by atoms with Crippen LogP contribution in [-0.2, 0) is 4.74 Å². The maximum absolute atomic E-state index is 12.6. The van der Waals surface area contributed by atoms with Crippen molar-refractivity contribution >= 4 is 34.5 Å². The van der Waals surface area contributed by atoms with Crippen LogP contribution < -0.4 is 11.2 Å². The Labute approximate surface area is 175 Å². The van der Waals surface area contributed by atoms with Gasteiger partial charge in [-0.15, -0.1) is 0 Å². The standard InChI is InChI=1S/C21H27ClN4O3/c1-21(2,3)18(29-20(23)28)13-8-10-26(11-9-13)25-19(27)17-6-4-14-12-15(22)5-7-16(14)24-17/h4-7,12-13,18H,8-11H2,1-3H3,(H2,23,28)(H,25,27). The van der Waals surface area contributed by atoms with Crippen molar-refractivity contribution in [3.8, 4) is 0 Å². The molecule has 1 aromatic carbocycles. The zero-order valence-electron chi connectivity index (χ0n) is 16.9. The topological polar surface area (TPSA) is 97.5 Å². The predicted octanol–water partition coefficient (Wildman–Crippen LogP) is 3.76. The van der Waals surface area contributed by atoms with Gasteiger partial charge in [0.25, 0.3) is 5.91 Å². The fourth-order valence-corrected chi connectivity index (χ4v) is 4.02. The number of hydrazine groups is 1. The first-order valence-electron chi connectivity index (χ1n) is 9.72. The van der Waals surface area contributed by atoms with E-state index >= 15 is 0 Å². The van der Waals surface area contributed by atoms with Crippen LogP contribution in [0.3, 0.4) is 0 Å². The molecule has 1 aliphatic rings. The van der Waals surface area contributed by atoms with Gasteiger partial charge in [0.05, 0.1) is 5.52 Å². The summed E-state index contributed by atoms with van der Waals surface area (Å²) >= 11 is 5.99. The van der Waals surface area contributed by atoms with Gasteiger partial charge in [0.1, 0.15) is 11.8 Å². The molecule has 2 aromatic rings. The molecular formula is C21H27ClN4O3.